The quantitative estimate of drug-likeness (QED) is 0.553. The lowest BCUT2D eigenvalue weighted by atomic mass is 10.1. The first kappa shape index (κ1) is 16.6. The summed E-state index contributed by atoms with van der Waals surface area (Å²) in [6.45, 7) is 9.51. The lowest BCUT2D eigenvalue weighted by Gasteiger charge is -2.26. The van der Waals surface area contributed by atoms with Crippen LogP contribution in [0.5, 0.6) is 0 Å². The van der Waals surface area contributed by atoms with E-state index in [4.69, 9.17) is 0 Å². The van der Waals surface area contributed by atoms with Gasteiger partial charge in [0.1, 0.15) is 0 Å². The monoisotopic (exact) mass is 434 g/mol. The third-order valence-electron chi connectivity index (χ3n) is 4.22. The molecular weight excluding hydrogens is 416 g/mol. The smallest absolute Gasteiger partial charge is 0.0989 e. The topological polar surface area (TPSA) is 6.48 Å². The van der Waals surface area contributed by atoms with Crippen molar-refractivity contribution in [1.82, 2.24) is 0 Å². The molecule has 1 heterocycles. The Balaban J connectivity index is 1.93. The highest BCUT2D eigenvalue weighted by atomic mass is 79.9. The van der Waals surface area contributed by atoms with Crippen LogP contribution in [0.1, 0.15) is 22.3 Å². The minimum Gasteiger partial charge on any atom is -0.328 e. The summed E-state index contributed by atoms with van der Waals surface area (Å²) in [5.74, 6) is 0. The van der Waals surface area contributed by atoms with Crippen molar-refractivity contribution < 1.29 is 0 Å². The molecule has 0 amide bonds. The molecule has 2 nitrogen and oxygen atoms in total. The molecule has 0 saturated heterocycles. The SMILES string of the molecule is Cc1cc(Br)cc(C)c1N1C=CN(c2c(C)cc(Br)cc2C)C1. The zero-order valence-corrected chi connectivity index (χ0v) is 17.0. The molecule has 0 N–H and O–H groups in total. The first-order chi connectivity index (χ1) is 10.9. The summed E-state index contributed by atoms with van der Waals surface area (Å²) < 4.78 is 2.27. The summed E-state index contributed by atoms with van der Waals surface area (Å²) in [6, 6.07) is 8.70. The Morgan fingerprint density at radius 1 is 0.652 bits per heavy atom. The zero-order chi connectivity index (χ0) is 16.7. The Labute approximate surface area is 155 Å². The average Bonchev–Trinajstić information content (AvgIpc) is 2.85. The van der Waals surface area contributed by atoms with Gasteiger partial charge >= 0.3 is 0 Å². The van der Waals surface area contributed by atoms with Crippen molar-refractivity contribution in [2.45, 2.75) is 27.7 Å². The van der Waals surface area contributed by atoms with Crippen molar-refractivity contribution in [3.8, 4) is 0 Å². The molecule has 0 atom stereocenters. The second-order valence-corrected chi connectivity index (χ2v) is 7.99. The number of aryl methyl sites for hydroxylation is 4. The van der Waals surface area contributed by atoms with E-state index in [-0.39, 0.29) is 0 Å². The number of hydrogen-bond acceptors (Lipinski definition) is 2. The Morgan fingerprint density at radius 2 is 0.957 bits per heavy atom. The van der Waals surface area contributed by atoms with Gasteiger partial charge in [0, 0.05) is 32.7 Å². The maximum absolute atomic E-state index is 3.58. The minimum absolute atomic E-state index is 0.840. The molecule has 0 saturated carbocycles. The van der Waals surface area contributed by atoms with Gasteiger partial charge in [-0.3, -0.25) is 0 Å². The lowest BCUT2D eigenvalue weighted by molar-refractivity contribution is 0.955. The highest BCUT2D eigenvalue weighted by Crippen LogP contribution is 2.34. The molecule has 0 aromatic heterocycles. The van der Waals surface area contributed by atoms with Crippen LogP contribution in [0, 0.1) is 27.7 Å². The van der Waals surface area contributed by atoms with Crippen molar-refractivity contribution in [1.29, 1.82) is 0 Å². The van der Waals surface area contributed by atoms with Crippen LogP contribution in [0.25, 0.3) is 0 Å². The molecule has 2 aromatic carbocycles. The van der Waals surface area contributed by atoms with Gasteiger partial charge in [-0.05, 0) is 74.2 Å². The van der Waals surface area contributed by atoms with E-state index in [9.17, 15) is 0 Å². The van der Waals surface area contributed by atoms with Crippen LogP contribution < -0.4 is 9.80 Å². The standard InChI is InChI=1S/C19H20Br2N2/c1-12-7-16(20)8-13(2)18(12)22-5-6-23(11-22)19-14(3)9-17(21)10-15(19)4/h5-10H,11H2,1-4H3. The average molecular weight is 436 g/mol. The van der Waals surface area contributed by atoms with Gasteiger partial charge in [-0.2, -0.15) is 0 Å². The number of hydrogen-bond donors (Lipinski definition) is 0. The maximum atomic E-state index is 3.58. The Morgan fingerprint density at radius 3 is 1.26 bits per heavy atom. The summed E-state index contributed by atoms with van der Waals surface area (Å²) in [4.78, 5) is 4.63. The van der Waals surface area contributed by atoms with Crippen molar-refractivity contribution in [2.75, 3.05) is 16.5 Å². The molecule has 0 radical (unpaired) electrons. The Hall–Kier alpha value is -1.26. The van der Waals surface area contributed by atoms with Crippen LogP contribution in [-0.2, 0) is 0 Å². The van der Waals surface area contributed by atoms with E-state index in [0.717, 1.165) is 15.6 Å². The zero-order valence-electron chi connectivity index (χ0n) is 13.8. The van der Waals surface area contributed by atoms with Gasteiger partial charge < -0.3 is 9.80 Å². The first-order valence-corrected chi connectivity index (χ1v) is 9.20. The van der Waals surface area contributed by atoms with Gasteiger partial charge in [0.15, 0.2) is 0 Å². The minimum atomic E-state index is 0.840. The Kier molecular flexibility index (Phi) is 4.56. The van der Waals surface area contributed by atoms with Crippen LogP contribution in [0.15, 0.2) is 45.6 Å². The molecule has 0 fully saturated rings. The largest absolute Gasteiger partial charge is 0.328 e. The first-order valence-electron chi connectivity index (χ1n) is 7.62. The number of benzene rings is 2. The molecule has 0 unspecified atom stereocenters. The molecule has 23 heavy (non-hydrogen) atoms. The van der Waals surface area contributed by atoms with E-state index in [1.165, 1.54) is 33.6 Å². The third kappa shape index (κ3) is 3.20. The van der Waals surface area contributed by atoms with Crippen molar-refractivity contribution >= 4 is 43.2 Å². The van der Waals surface area contributed by atoms with Crippen molar-refractivity contribution in [3.63, 3.8) is 0 Å². The van der Waals surface area contributed by atoms with Crippen LogP contribution in [0.2, 0.25) is 0 Å². The predicted molar refractivity (Wildman–Crippen MR) is 106 cm³/mol. The normalized spacial score (nSPS) is 14.0. The molecule has 2 aromatic rings. The second-order valence-electron chi connectivity index (χ2n) is 6.16. The molecule has 4 heteroatoms. The molecule has 120 valence electrons. The van der Waals surface area contributed by atoms with Gasteiger partial charge in [0.2, 0.25) is 0 Å². The summed E-state index contributed by atoms with van der Waals surface area (Å²) in [7, 11) is 0. The van der Waals surface area contributed by atoms with E-state index in [1.54, 1.807) is 0 Å². The van der Waals surface area contributed by atoms with Gasteiger partial charge in [-0.1, -0.05) is 31.9 Å². The van der Waals surface area contributed by atoms with Crippen LogP contribution in [0.4, 0.5) is 11.4 Å². The number of rotatable bonds is 2. The lowest BCUT2D eigenvalue weighted by Crippen LogP contribution is -2.26. The number of nitrogens with zero attached hydrogens (tertiary/aromatic N) is 2. The third-order valence-corrected chi connectivity index (χ3v) is 5.13. The molecule has 0 spiro atoms. The van der Waals surface area contributed by atoms with Crippen molar-refractivity contribution in [3.05, 3.63) is 67.9 Å². The molecule has 3 rings (SSSR count). The number of halogens is 2. The highest BCUT2D eigenvalue weighted by molar-refractivity contribution is 9.10. The molecule has 1 aliphatic rings. The molecule has 1 aliphatic heterocycles. The van der Waals surface area contributed by atoms with Crippen LogP contribution >= 0.6 is 31.9 Å². The van der Waals surface area contributed by atoms with E-state index in [2.05, 4.69) is 106 Å². The van der Waals surface area contributed by atoms with E-state index in [0.29, 0.717) is 0 Å². The van der Waals surface area contributed by atoms with Gasteiger partial charge in [-0.15, -0.1) is 0 Å². The van der Waals surface area contributed by atoms with E-state index >= 15 is 0 Å². The fraction of sp³-hybridized carbons (Fsp3) is 0.263. The van der Waals surface area contributed by atoms with E-state index < -0.39 is 0 Å². The van der Waals surface area contributed by atoms with Gasteiger partial charge in [-0.25, -0.2) is 0 Å². The van der Waals surface area contributed by atoms with E-state index in [1.807, 2.05) is 0 Å². The fourth-order valence-corrected chi connectivity index (χ4v) is 4.80. The summed E-state index contributed by atoms with van der Waals surface area (Å²) >= 11 is 7.16. The molecule has 0 aliphatic carbocycles. The summed E-state index contributed by atoms with van der Waals surface area (Å²) in [5, 5.41) is 0. The summed E-state index contributed by atoms with van der Waals surface area (Å²) in [5.41, 5.74) is 7.72. The van der Waals surface area contributed by atoms with Crippen molar-refractivity contribution in [2.24, 2.45) is 0 Å². The maximum Gasteiger partial charge on any atom is 0.0989 e. The number of anilines is 2. The molecule has 0 bridgehead atoms. The summed E-state index contributed by atoms with van der Waals surface area (Å²) in [6.07, 6.45) is 4.34. The van der Waals surface area contributed by atoms with Gasteiger partial charge in [0.05, 0.1) is 6.67 Å². The molecular formula is C19H20Br2N2. The fourth-order valence-electron chi connectivity index (χ4n) is 3.42. The van der Waals surface area contributed by atoms with Crippen LogP contribution in [0.3, 0.4) is 0 Å². The Bertz CT molecular complexity index is 684. The van der Waals surface area contributed by atoms with Crippen LogP contribution in [-0.4, -0.2) is 6.67 Å². The highest BCUT2D eigenvalue weighted by Gasteiger charge is 2.21. The van der Waals surface area contributed by atoms with Gasteiger partial charge in [0.25, 0.3) is 0 Å². The predicted octanol–water partition coefficient (Wildman–Crippen LogP) is 6.20. The second kappa shape index (κ2) is 6.33.